The zero-order valence-corrected chi connectivity index (χ0v) is 11.6. The van der Waals surface area contributed by atoms with Gasteiger partial charge in [-0.1, -0.05) is 38.5 Å². The number of hydrogen-bond acceptors (Lipinski definition) is 2. The van der Waals surface area contributed by atoms with Crippen LogP contribution in [0.5, 0.6) is 0 Å². The zero-order valence-electron chi connectivity index (χ0n) is 11.6. The Balaban J connectivity index is 2.67. The fourth-order valence-corrected chi connectivity index (χ4v) is 1.81. The summed E-state index contributed by atoms with van der Waals surface area (Å²) in [6.07, 6.45) is 6.34. The average Bonchev–Trinajstić information content (AvgIpc) is 2.22. The van der Waals surface area contributed by atoms with Crippen molar-refractivity contribution < 1.29 is 4.79 Å². The molecule has 3 heteroatoms. The highest BCUT2D eigenvalue weighted by Crippen LogP contribution is 2.25. The van der Waals surface area contributed by atoms with E-state index >= 15 is 0 Å². The zero-order chi connectivity index (χ0) is 13.1. The van der Waals surface area contributed by atoms with E-state index in [2.05, 4.69) is 44.6 Å². The van der Waals surface area contributed by atoms with E-state index in [4.69, 9.17) is 0 Å². The van der Waals surface area contributed by atoms with Gasteiger partial charge in [-0.25, -0.2) is 5.43 Å². The quantitative estimate of drug-likeness (QED) is 0.740. The van der Waals surface area contributed by atoms with Crippen LogP contribution in [0.3, 0.4) is 0 Å². The van der Waals surface area contributed by atoms with Crippen molar-refractivity contribution in [3.05, 3.63) is 23.3 Å². The van der Waals surface area contributed by atoms with Gasteiger partial charge in [-0.2, -0.15) is 0 Å². The third-order valence-electron chi connectivity index (χ3n) is 3.05. The summed E-state index contributed by atoms with van der Waals surface area (Å²) in [5.74, 6) is -0.0347. The largest absolute Gasteiger partial charge is 0.287 e. The average molecular weight is 236 g/mol. The van der Waals surface area contributed by atoms with Crippen molar-refractivity contribution in [2.75, 3.05) is 0 Å². The molecule has 1 unspecified atom stereocenters. The summed E-state index contributed by atoms with van der Waals surface area (Å²) in [5.41, 5.74) is 8.19. The lowest BCUT2D eigenvalue weighted by molar-refractivity contribution is -0.118. The molecular weight excluding hydrogens is 212 g/mol. The predicted octanol–water partition coefficient (Wildman–Crippen LogP) is 2.71. The molecule has 0 spiro atoms. The number of carbonyl (C=O) groups is 1. The monoisotopic (exact) mass is 236 g/mol. The highest BCUT2D eigenvalue weighted by Gasteiger charge is 2.20. The number of rotatable bonds is 3. The number of carbonyl (C=O) groups excluding carboxylic acids is 1. The van der Waals surface area contributed by atoms with E-state index in [0.717, 1.165) is 18.4 Å². The van der Waals surface area contributed by atoms with Crippen LogP contribution >= 0.6 is 0 Å². The fourth-order valence-electron chi connectivity index (χ4n) is 1.81. The standard InChI is InChI=1S/C14H24N2O/c1-6-11(7-8-14(3,4)5)12-9-10(2)13(17)16-15-12/h6,9,12,15H,7-8H2,1-5H3,(H,16,17)/b11-6+. The van der Waals surface area contributed by atoms with Gasteiger partial charge >= 0.3 is 0 Å². The maximum Gasteiger partial charge on any atom is 0.260 e. The van der Waals surface area contributed by atoms with Gasteiger partial charge < -0.3 is 0 Å². The topological polar surface area (TPSA) is 41.1 Å². The van der Waals surface area contributed by atoms with Crippen LogP contribution in [-0.2, 0) is 4.79 Å². The lowest BCUT2D eigenvalue weighted by Crippen LogP contribution is -2.48. The van der Waals surface area contributed by atoms with E-state index in [1.54, 1.807) is 0 Å². The Labute approximate surface area is 104 Å². The molecule has 1 heterocycles. The first-order valence-electron chi connectivity index (χ1n) is 6.23. The molecule has 0 saturated heterocycles. The third kappa shape index (κ3) is 4.35. The molecule has 0 saturated carbocycles. The summed E-state index contributed by atoms with van der Waals surface area (Å²) < 4.78 is 0. The molecule has 0 aromatic rings. The molecule has 0 radical (unpaired) electrons. The minimum atomic E-state index is -0.0347. The molecule has 1 rings (SSSR count). The van der Waals surface area contributed by atoms with Crippen LogP contribution in [0.4, 0.5) is 0 Å². The van der Waals surface area contributed by atoms with E-state index in [9.17, 15) is 4.79 Å². The van der Waals surface area contributed by atoms with E-state index in [1.807, 2.05) is 13.0 Å². The first-order chi connectivity index (χ1) is 7.83. The summed E-state index contributed by atoms with van der Waals surface area (Å²) in [6.45, 7) is 10.6. The van der Waals surface area contributed by atoms with Gasteiger partial charge in [0.2, 0.25) is 0 Å². The van der Waals surface area contributed by atoms with Crippen LogP contribution in [-0.4, -0.2) is 11.9 Å². The predicted molar refractivity (Wildman–Crippen MR) is 71.3 cm³/mol. The lowest BCUT2D eigenvalue weighted by Gasteiger charge is -2.26. The summed E-state index contributed by atoms with van der Waals surface area (Å²) in [7, 11) is 0. The van der Waals surface area contributed by atoms with E-state index in [0.29, 0.717) is 5.41 Å². The molecule has 1 atom stereocenters. The third-order valence-corrected chi connectivity index (χ3v) is 3.05. The van der Waals surface area contributed by atoms with Crippen LogP contribution in [0.15, 0.2) is 23.3 Å². The Hall–Kier alpha value is -1.09. The number of hydrogen-bond donors (Lipinski definition) is 2. The SMILES string of the molecule is C/C=C(\CCC(C)(C)C)C1C=C(C)C(=O)NN1. The molecule has 96 valence electrons. The molecular formula is C14H24N2O. The van der Waals surface area contributed by atoms with E-state index in [1.165, 1.54) is 5.57 Å². The van der Waals surface area contributed by atoms with Crippen molar-refractivity contribution in [1.29, 1.82) is 0 Å². The summed E-state index contributed by atoms with van der Waals surface area (Å²) in [5, 5.41) is 0. The maximum atomic E-state index is 11.3. The highest BCUT2D eigenvalue weighted by atomic mass is 16.2. The molecule has 2 N–H and O–H groups in total. The second-order valence-electron chi connectivity index (χ2n) is 5.85. The number of hydrazine groups is 1. The second-order valence-corrected chi connectivity index (χ2v) is 5.85. The molecule has 0 fully saturated rings. The molecule has 0 aliphatic carbocycles. The van der Waals surface area contributed by atoms with Crippen molar-refractivity contribution in [2.45, 2.75) is 53.5 Å². The summed E-state index contributed by atoms with van der Waals surface area (Å²) in [4.78, 5) is 11.3. The van der Waals surface area contributed by atoms with Gasteiger partial charge in [0.25, 0.3) is 5.91 Å². The van der Waals surface area contributed by atoms with Gasteiger partial charge in [-0.3, -0.25) is 10.2 Å². The highest BCUT2D eigenvalue weighted by molar-refractivity contribution is 5.93. The first kappa shape index (κ1) is 14.0. The van der Waals surface area contributed by atoms with Crippen LogP contribution in [0, 0.1) is 5.41 Å². The van der Waals surface area contributed by atoms with Gasteiger partial charge in [-0.05, 0) is 32.1 Å². The summed E-state index contributed by atoms with van der Waals surface area (Å²) in [6, 6.07) is 0.139. The molecule has 1 aliphatic heterocycles. The van der Waals surface area contributed by atoms with Gasteiger partial charge in [0.15, 0.2) is 0 Å². The smallest absolute Gasteiger partial charge is 0.260 e. The number of nitrogens with one attached hydrogen (secondary N) is 2. The Bertz CT molecular complexity index is 348. The molecule has 0 aromatic heterocycles. The van der Waals surface area contributed by atoms with E-state index in [-0.39, 0.29) is 11.9 Å². The molecule has 17 heavy (non-hydrogen) atoms. The maximum absolute atomic E-state index is 11.3. The van der Waals surface area contributed by atoms with Gasteiger partial charge in [0.05, 0.1) is 6.04 Å². The molecule has 1 amide bonds. The minimum absolute atomic E-state index is 0.0347. The summed E-state index contributed by atoms with van der Waals surface area (Å²) >= 11 is 0. The molecule has 3 nitrogen and oxygen atoms in total. The Morgan fingerprint density at radius 1 is 1.47 bits per heavy atom. The molecule has 0 bridgehead atoms. The van der Waals surface area contributed by atoms with E-state index < -0.39 is 0 Å². The first-order valence-corrected chi connectivity index (χ1v) is 6.23. The Morgan fingerprint density at radius 2 is 2.12 bits per heavy atom. The Kier molecular flexibility index (Phi) is 4.52. The van der Waals surface area contributed by atoms with Gasteiger partial charge in [0, 0.05) is 5.57 Å². The molecule has 1 aliphatic rings. The van der Waals surface area contributed by atoms with Gasteiger partial charge in [-0.15, -0.1) is 0 Å². The van der Waals surface area contributed by atoms with Crippen molar-refractivity contribution in [3.63, 3.8) is 0 Å². The van der Waals surface area contributed by atoms with Crippen LogP contribution < -0.4 is 10.9 Å². The Morgan fingerprint density at radius 3 is 2.59 bits per heavy atom. The van der Waals surface area contributed by atoms with Crippen LogP contribution in [0.1, 0.15) is 47.5 Å². The normalized spacial score (nSPS) is 22.2. The van der Waals surface area contributed by atoms with Crippen molar-refractivity contribution in [2.24, 2.45) is 5.41 Å². The minimum Gasteiger partial charge on any atom is -0.287 e. The number of amides is 1. The van der Waals surface area contributed by atoms with Crippen LogP contribution in [0.2, 0.25) is 0 Å². The second kappa shape index (κ2) is 5.50. The van der Waals surface area contributed by atoms with Crippen molar-refractivity contribution in [3.8, 4) is 0 Å². The van der Waals surface area contributed by atoms with Crippen LogP contribution in [0.25, 0.3) is 0 Å². The van der Waals surface area contributed by atoms with Crippen molar-refractivity contribution >= 4 is 5.91 Å². The molecule has 0 aromatic carbocycles. The fraction of sp³-hybridized carbons (Fsp3) is 0.643. The van der Waals surface area contributed by atoms with Crippen molar-refractivity contribution in [1.82, 2.24) is 10.9 Å². The lowest BCUT2D eigenvalue weighted by atomic mass is 9.86. The number of allylic oxidation sites excluding steroid dienone is 1. The van der Waals surface area contributed by atoms with Gasteiger partial charge in [0.1, 0.15) is 0 Å².